The van der Waals surface area contributed by atoms with E-state index in [1.165, 1.54) is 5.56 Å². The maximum absolute atomic E-state index is 12.7. The zero-order valence-corrected chi connectivity index (χ0v) is 17.0. The number of hydrogen-bond donors (Lipinski definition) is 1. The van der Waals surface area contributed by atoms with Crippen molar-refractivity contribution in [2.75, 3.05) is 19.7 Å². The lowest BCUT2D eigenvalue weighted by Gasteiger charge is -2.19. The number of likely N-dealkylation sites (tertiary alicyclic amines) is 1. The topological polar surface area (TPSA) is 55.6 Å². The Balaban J connectivity index is 0.00000261. The van der Waals surface area contributed by atoms with Crippen molar-refractivity contribution < 1.29 is 9.53 Å². The average molecular weight is 389 g/mol. The van der Waals surface area contributed by atoms with Gasteiger partial charge in [0.2, 0.25) is 0 Å². The summed E-state index contributed by atoms with van der Waals surface area (Å²) in [5.74, 6) is 1.33. The lowest BCUT2D eigenvalue weighted by molar-refractivity contribution is -0.132. The highest BCUT2D eigenvalue weighted by molar-refractivity contribution is 5.85. The van der Waals surface area contributed by atoms with Gasteiger partial charge in [-0.3, -0.25) is 4.79 Å². The number of ether oxygens (including phenoxy) is 1. The van der Waals surface area contributed by atoms with E-state index in [9.17, 15) is 4.79 Å². The molecule has 1 aliphatic heterocycles. The largest absolute Gasteiger partial charge is 0.483 e. The first-order valence-corrected chi connectivity index (χ1v) is 9.27. The molecule has 4 nitrogen and oxygen atoms in total. The molecule has 2 aromatic rings. The Bertz CT molecular complexity index is 764. The Hall–Kier alpha value is -2.04. The standard InChI is InChI=1S/C22H28N2O2.ClH/c1-15(2)18-10-9-16(3)11-21(18)26-14-22(25)24-12-19(20(23)13-24)17-7-5-4-6-8-17;/h4-11,15,19-20H,12-14,23H2,1-3H3;1H/t19-,20+;/m0./s1. The summed E-state index contributed by atoms with van der Waals surface area (Å²) >= 11 is 0. The van der Waals surface area contributed by atoms with Crippen molar-refractivity contribution in [3.8, 4) is 5.75 Å². The smallest absolute Gasteiger partial charge is 0.260 e. The molecule has 0 bridgehead atoms. The number of amides is 1. The van der Waals surface area contributed by atoms with Crippen LogP contribution in [0.2, 0.25) is 0 Å². The second-order valence-corrected chi connectivity index (χ2v) is 7.46. The lowest BCUT2D eigenvalue weighted by atomic mass is 9.95. The van der Waals surface area contributed by atoms with Crippen LogP contribution in [0.3, 0.4) is 0 Å². The molecule has 3 rings (SSSR count). The molecule has 2 atom stereocenters. The van der Waals surface area contributed by atoms with E-state index in [1.54, 1.807) is 0 Å². The maximum Gasteiger partial charge on any atom is 0.260 e. The minimum Gasteiger partial charge on any atom is -0.483 e. The highest BCUT2D eigenvalue weighted by atomic mass is 35.5. The zero-order valence-electron chi connectivity index (χ0n) is 16.2. The number of rotatable bonds is 5. The van der Waals surface area contributed by atoms with Crippen LogP contribution in [0.1, 0.15) is 42.4 Å². The van der Waals surface area contributed by atoms with Gasteiger partial charge in [-0.1, -0.05) is 56.3 Å². The van der Waals surface area contributed by atoms with Gasteiger partial charge in [-0.15, -0.1) is 12.4 Å². The highest BCUT2D eigenvalue weighted by Crippen LogP contribution is 2.29. The number of aryl methyl sites for hydroxylation is 1. The van der Waals surface area contributed by atoms with E-state index in [0.717, 1.165) is 16.9 Å². The molecule has 146 valence electrons. The number of hydrogen-bond acceptors (Lipinski definition) is 3. The van der Waals surface area contributed by atoms with Crippen LogP contribution in [0.5, 0.6) is 5.75 Å². The van der Waals surface area contributed by atoms with Crippen molar-refractivity contribution in [3.63, 3.8) is 0 Å². The first-order chi connectivity index (χ1) is 12.5. The second kappa shape index (κ2) is 9.25. The summed E-state index contributed by atoms with van der Waals surface area (Å²) < 4.78 is 5.90. The number of carbonyl (C=O) groups excluding carboxylic acids is 1. The van der Waals surface area contributed by atoms with Gasteiger partial charge in [0.05, 0.1) is 0 Å². The molecule has 0 saturated carbocycles. The van der Waals surface area contributed by atoms with Crippen LogP contribution in [-0.2, 0) is 4.79 Å². The van der Waals surface area contributed by atoms with Crippen LogP contribution in [0, 0.1) is 6.92 Å². The van der Waals surface area contributed by atoms with Crippen LogP contribution >= 0.6 is 12.4 Å². The number of nitrogens with zero attached hydrogens (tertiary/aromatic N) is 1. The van der Waals surface area contributed by atoms with Crippen molar-refractivity contribution in [3.05, 3.63) is 65.2 Å². The van der Waals surface area contributed by atoms with Crippen LogP contribution in [0.25, 0.3) is 0 Å². The minimum atomic E-state index is -0.0356. The van der Waals surface area contributed by atoms with Gasteiger partial charge in [0.15, 0.2) is 6.61 Å². The predicted molar refractivity (Wildman–Crippen MR) is 112 cm³/mol. The van der Waals surface area contributed by atoms with Crippen molar-refractivity contribution in [2.45, 2.75) is 38.6 Å². The molecule has 0 aliphatic carbocycles. The molecule has 1 aliphatic rings. The maximum atomic E-state index is 12.7. The molecule has 0 spiro atoms. The van der Waals surface area contributed by atoms with Gasteiger partial charge in [0.25, 0.3) is 5.91 Å². The summed E-state index contributed by atoms with van der Waals surface area (Å²) in [5, 5.41) is 0. The van der Waals surface area contributed by atoms with Crippen molar-refractivity contribution in [1.29, 1.82) is 0 Å². The molecule has 1 fully saturated rings. The summed E-state index contributed by atoms with van der Waals surface area (Å²) in [6, 6.07) is 16.3. The molecule has 1 heterocycles. The summed E-state index contributed by atoms with van der Waals surface area (Å²) in [7, 11) is 0. The molecule has 2 aromatic carbocycles. The van der Waals surface area contributed by atoms with E-state index in [0.29, 0.717) is 19.0 Å². The summed E-state index contributed by atoms with van der Waals surface area (Å²) in [6.45, 7) is 7.57. The third kappa shape index (κ3) is 5.02. The van der Waals surface area contributed by atoms with Gasteiger partial charge in [-0.25, -0.2) is 0 Å². The van der Waals surface area contributed by atoms with E-state index >= 15 is 0 Å². The van der Waals surface area contributed by atoms with Gasteiger partial charge in [0.1, 0.15) is 5.75 Å². The third-order valence-electron chi connectivity index (χ3n) is 5.09. The Labute approximate surface area is 168 Å². The summed E-state index contributed by atoms with van der Waals surface area (Å²) in [6.07, 6.45) is 0. The number of carbonyl (C=O) groups is 1. The second-order valence-electron chi connectivity index (χ2n) is 7.46. The van der Waals surface area contributed by atoms with Gasteiger partial charge in [-0.05, 0) is 35.6 Å². The molecule has 0 radical (unpaired) electrons. The fourth-order valence-corrected chi connectivity index (χ4v) is 3.56. The Morgan fingerprint density at radius 2 is 1.89 bits per heavy atom. The van der Waals surface area contributed by atoms with E-state index in [4.69, 9.17) is 10.5 Å². The SMILES string of the molecule is Cc1ccc(C(C)C)c(OCC(=O)N2C[C@@H](N)[C@H](c3ccccc3)C2)c1.Cl. The van der Waals surface area contributed by atoms with Crippen molar-refractivity contribution in [2.24, 2.45) is 5.73 Å². The molecule has 27 heavy (non-hydrogen) atoms. The molecule has 1 saturated heterocycles. The quantitative estimate of drug-likeness (QED) is 0.845. The first-order valence-electron chi connectivity index (χ1n) is 9.27. The minimum absolute atomic E-state index is 0. The monoisotopic (exact) mass is 388 g/mol. The van der Waals surface area contributed by atoms with Crippen molar-refractivity contribution in [1.82, 2.24) is 4.90 Å². The van der Waals surface area contributed by atoms with Gasteiger partial charge in [-0.2, -0.15) is 0 Å². The van der Waals surface area contributed by atoms with Gasteiger partial charge >= 0.3 is 0 Å². The van der Waals surface area contributed by atoms with Crippen LogP contribution in [0.15, 0.2) is 48.5 Å². The van der Waals surface area contributed by atoms with Crippen molar-refractivity contribution >= 4 is 18.3 Å². The highest BCUT2D eigenvalue weighted by Gasteiger charge is 2.33. The number of benzene rings is 2. The molecular formula is C22H29ClN2O2. The van der Waals surface area contributed by atoms with Gasteiger partial charge < -0.3 is 15.4 Å². The molecular weight excluding hydrogens is 360 g/mol. The number of halogens is 1. The molecule has 0 unspecified atom stereocenters. The third-order valence-corrected chi connectivity index (χ3v) is 5.09. The summed E-state index contributed by atoms with van der Waals surface area (Å²) in [5.41, 5.74) is 9.74. The Morgan fingerprint density at radius 1 is 1.19 bits per heavy atom. The zero-order chi connectivity index (χ0) is 18.7. The predicted octanol–water partition coefficient (Wildman–Crippen LogP) is 3.87. The van der Waals surface area contributed by atoms with Crippen LogP contribution in [0.4, 0.5) is 0 Å². The van der Waals surface area contributed by atoms with Crippen LogP contribution < -0.4 is 10.5 Å². The molecule has 1 amide bonds. The molecule has 0 aromatic heterocycles. The van der Waals surface area contributed by atoms with E-state index in [-0.39, 0.29) is 36.9 Å². The average Bonchev–Trinajstić information content (AvgIpc) is 3.02. The van der Waals surface area contributed by atoms with E-state index in [2.05, 4.69) is 38.1 Å². The lowest BCUT2D eigenvalue weighted by Crippen LogP contribution is -2.35. The fraction of sp³-hybridized carbons (Fsp3) is 0.409. The Morgan fingerprint density at radius 3 is 2.56 bits per heavy atom. The van der Waals surface area contributed by atoms with Crippen LogP contribution in [-0.4, -0.2) is 36.5 Å². The first kappa shape index (κ1) is 21.3. The molecule has 5 heteroatoms. The Kier molecular flexibility index (Phi) is 7.28. The molecule has 2 N–H and O–H groups in total. The van der Waals surface area contributed by atoms with E-state index < -0.39 is 0 Å². The normalized spacial score (nSPS) is 19.1. The van der Waals surface area contributed by atoms with Gasteiger partial charge in [0, 0.05) is 25.0 Å². The summed E-state index contributed by atoms with van der Waals surface area (Å²) in [4.78, 5) is 14.5. The fourth-order valence-electron chi connectivity index (χ4n) is 3.56. The number of nitrogens with two attached hydrogens (primary N) is 1. The van der Waals surface area contributed by atoms with E-state index in [1.807, 2.05) is 36.1 Å².